The van der Waals surface area contributed by atoms with Crippen molar-refractivity contribution in [3.63, 3.8) is 0 Å². The summed E-state index contributed by atoms with van der Waals surface area (Å²) in [7, 11) is 2.02. The fraction of sp³-hybridized carbons (Fsp3) is 0.611. The van der Waals surface area contributed by atoms with Crippen LogP contribution in [0.5, 0.6) is 0 Å². The van der Waals surface area contributed by atoms with E-state index in [4.69, 9.17) is 20.2 Å². The van der Waals surface area contributed by atoms with Gasteiger partial charge in [-0.1, -0.05) is 40.0 Å². The third-order valence-electron chi connectivity index (χ3n) is 8.10. The first kappa shape index (κ1) is 39.6. The van der Waals surface area contributed by atoms with Crippen LogP contribution in [0.1, 0.15) is 106 Å². The molecule has 0 bridgehead atoms. The van der Waals surface area contributed by atoms with Gasteiger partial charge in [-0.3, -0.25) is 9.59 Å². The van der Waals surface area contributed by atoms with Crippen molar-refractivity contribution < 1.29 is 19.4 Å². The molecular weight excluding hydrogens is 594 g/mol. The Morgan fingerprint density at radius 3 is 2.36 bits per heavy atom. The molecule has 1 aliphatic heterocycles. The number of aryl methyl sites for hydroxylation is 1. The zero-order valence-corrected chi connectivity index (χ0v) is 29.3. The quantitative estimate of drug-likeness (QED) is 0.0772. The Morgan fingerprint density at radius 1 is 1.04 bits per heavy atom. The van der Waals surface area contributed by atoms with Gasteiger partial charge in [0, 0.05) is 74.0 Å². The highest BCUT2D eigenvalue weighted by Crippen LogP contribution is 2.31. The molecule has 1 fully saturated rings. The zero-order chi connectivity index (χ0) is 34.4. The number of anilines is 3. The molecule has 1 aromatic carbocycles. The topological polar surface area (TPSA) is 152 Å². The number of aromatic nitrogens is 1. The molecule has 1 aliphatic rings. The molecule has 0 atom stereocenters. The summed E-state index contributed by atoms with van der Waals surface area (Å²) >= 11 is 0. The van der Waals surface area contributed by atoms with E-state index >= 15 is 0 Å². The molecule has 2 amide bonds. The molecule has 2 aromatic rings. The van der Waals surface area contributed by atoms with Gasteiger partial charge in [-0.25, -0.2) is 4.98 Å². The molecule has 0 unspecified atom stereocenters. The third-order valence-corrected chi connectivity index (χ3v) is 8.10. The minimum atomic E-state index is -0.221. The molecule has 0 aliphatic carbocycles. The number of hydrogen-bond donors (Lipinski definition) is 6. The second kappa shape index (κ2) is 22.9. The maximum Gasteiger partial charge on any atom is 0.251 e. The van der Waals surface area contributed by atoms with Crippen molar-refractivity contribution in [2.24, 2.45) is 0 Å². The van der Waals surface area contributed by atoms with Crippen LogP contribution in [0.3, 0.4) is 0 Å². The average molecular weight is 654 g/mol. The van der Waals surface area contributed by atoms with Crippen molar-refractivity contribution in [3.05, 3.63) is 46.6 Å². The minimum absolute atomic E-state index is 0.0259. The summed E-state index contributed by atoms with van der Waals surface area (Å²) < 4.78 is 5.54. The molecular formula is C36H59N7O4. The molecule has 11 heteroatoms. The lowest BCUT2D eigenvalue weighted by Crippen LogP contribution is -2.31. The zero-order valence-electron chi connectivity index (χ0n) is 29.3. The summed E-state index contributed by atoms with van der Waals surface area (Å²) in [5.41, 5.74) is 4.44. The number of aliphatic hydroxyl groups is 1. The first-order valence-electron chi connectivity index (χ1n) is 17.5. The van der Waals surface area contributed by atoms with E-state index in [-0.39, 0.29) is 31.0 Å². The van der Waals surface area contributed by atoms with E-state index < -0.39 is 0 Å². The largest absolute Gasteiger partial charge is 0.395 e. The number of nitrogens with one attached hydrogen (secondary N) is 5. The molecule has 3 rings (SSSR count). The molecule has 0 radical (unpaired) electrons. The van der Waals surface area contributed by atoms with Crippen LogP contribution in [-0.4, -0.2) is 85.6 Å². The van der Waals surface area contributed by atoms with Crippen molar-refractivity contribution in [2.45, 2.75) is 98.1 Å². The lowest BCUT2D eigenvalue weighted by Gasteiger charge is -2.28. The maximum atomic E-state index is 13.2. The smallest absolute Gasteiger partial charge is 0.251 e. The summed E-state index contributed by atoms with van der Waals surface area (Å²) in [6.07, 6.45) is 9.38. The van der Waals surface area contributed by atoms with E-state index in [9.17, 15) is 9.59 Å². The van der Waals surface area contributed by atoms with Crippen LogP contribution >= 0.6 is 0 Å². The van der Waals surface area contributed by atoms with Crippen molar-refractivity contribution in [3.8, 4) is 0 Å². The minimum Gasteiger partial charge on any atom is -0.395 e. The highest BCUT2D eigenvalue weighted by Gasteiger charge is 2.22. The van der Waals surface area contributed by atoms with Gasteiger partial charge in [-0.15, -0.1) is 0 Å². The normalized spacial score (nSPS) is 13.0. The number of amides is 2. The Balaban J connectivity index is 0.00000376. The van der Waals surface area contributed by atoms with Crippen LogP contribution in [0.2, 0.25) is 0 Å². The first-order valence-corrected chi connectivity index (χ1v) is 17.5. The maximum absolute atomic E-state index is 13.2. The van der Waals surface area contributed by atoms with Crippen LogP contribution < -0.4 is 21.3 Å². The summed E-state index contributed by atoms with van der Waals surface area (Å²) in [6, 6.07) is 7.16. The van der Waals surface area contributed by atoms with E-state index in [2.05, 4.69) is 26.2 Å². The van der Waals surface area contributed by atoms with Gasteiger partial charge < -0.3 is 41.4 Å². The molecule has 1 saturated heterocycles. The number of benzene rings is 1. The number of hydrogen-bond acceptors (Lipinski definition) is 9. The number of likely N-dealkylation sites (N-methyl/N-ethyl adjacent to an activating group) is 1. The molecule has 2 heterocycles. The van der Waals surface area contributed by atoms with Gasteiger partial charge in [-0.05, 0) is 76.9 Å². The predicted molar refractivity (Wildman–Crippen MR) is 193 cm³/mol. The number of ether oxygens (including phenoxy) is 1. The lowest BCUT2D eigenvalue weighted by molar-refractivity contribution is -0.116. The molecule has 0 spiro atoms. The number of carbonyl (C=O) groups is 2. The van der Waals surface area contributed by atoms with Gasteiger partial charge in [0.2, 0.25) is 5.91 Å². The summed E-state index contributed by atoms with van der Waals surface area (Å²) in [6.45, 7) is 12.3. The third kappa shape index (κ3) is 13.6. The van der Waals surface area contributed by atoms with E-state index in [0.29, 0.717) is 61.8 Å². The number of rotatable bonds is 20. The van der Waals surface area contributed by atoms with Gasteiger partial charge in [-0.2, -0.15) is 0 Å². The standard InChI is InChI=1S/C34H53N7O4.C2H6/c1-4-30-29(32(39-27-16-21-45-22-17-27)28(23-35)33(40-30)36-5-2)24-37-34(44)25-12-14-26(15-13-25)38-31(43)11-9-7-6-8-10-18-41(3)19-20-42;1-2/h12-15,23,27,35,42H,4-11,16-22,24H2,1-3H3,(H,37,44)(H,38,43)(H2,36,39,40);1-2H3. The first-order chi connectivity index (χ1) is 22.9. The predicted octanol–water partition coefficient (Wildman–Crippen LogP) is 5.82. The Labute approximate surface area is 282 Å². The van der Waals surface area contributed by atoms with Gasteiger partial charge in [0.15, 0.2) is 0 Å². The van der Waals surface area contributed by atoms with Gasteiger partial charge >= 0.3 is 0 Å². The number of unbranched alkanes of at least 4 members (excludes halogenated alkanes) is 4. The number of nitrogens with zero attached hydrogens (tertiary/aromatic N) is 2. The summed E-state index contributed by atoms with van der Waals surface area (Å²) in [5, 5.41) is 30.1. The molecule has 6 N–H and O–H groups in total. The SMILES string of the molecule is CC.CCNc1nc(CC)c(CNC(=O)c2ccc(NC(=O)CCCCCCCN(C)CCO)cc2)c(NC2CCOCC2)c1C=N. The van der Waals surface area contributed by atoms with Gasteiger partial charge in [0.05, 0.1) is 17.9 Å². The molecule has 262 valence electrons. The fourth-order valence-corrected chi connectivity index (χ4v) is 5.50. The Kier molecular flexibility index (Phi) is 19.3. The number of carbonyl (C=O) groups excluding carboxylic acids is 2. The van der Waals surface area contributed by atoms with Crippen LogP contribution in [0.15, 0.2) is 24.3 Å². The Morgan fingerprint density at radius 2 is 1.72 bits per heavy atom. The van der Waals surface area contributed by atoms with E-state index in [1.165, 1.54) is 6.21 Å². The van der Waals surface area contributed by atoms with Crippen LogP contribution in [-0.2, 0) is 22.5 Å². The van der Waals surface area contributed by atoms with Gasteiger partial charge in [0.25, 0.3) is 5.91 Å². The molecule has 47 heavy (non-hydrogen) atoms. The monoisotopic (exact) mass is 653 g/mol. The summed E-state index contributed by atoms with van der Waals surface area (Å²) in [5.74, 6) is 0.425. The van der Waals surface area contributed by atoms with Crippen LogP contribution in [0, 0.1) is 5.41 Å². The summed E-state index contributed by atoms with van der Waals surface area (Å²) in [4.78, 5) is 32.5. The van der Waals surface area contributed by atoms with Crippen molar-refractivity contribution in [1.82, 2.24) is 15.2 Å². The number of aliphatic hydroxyl groups excluding tert-OH is 1. The van der Waals surface area contributed by atoms with Crippen molar-refractivity contribution in [1.29, 1.82) is 5.41 Å². The van der Waals surface area contributed by atoms with Crippen molar-refractivity contribution in [2.75, 3.05) is 62.5 Å². The lowest BCUT2D eigenvalue weighted by atomic mass is 10.0. The Bertz CT molecular complexity index is 1220. The van der Waals surface area contributed by atoms with Gasteiger partial charge in [0.1, 0.15) is 5.82 Å². The average Bonchev–Trinajstić information content (AvgIpc) is 3.09. The highest BCUT2D eigenvalue weighted by molar-refractivity contribution is 5.97. The second-order valence-electron chi connectivity index (χ2n) is 11.6. The second-order valence-corrected chi connectivity index (χ2v) is 11.6. The van der Waals surface area contributed by atoms with E-state index in [1.54, 1.807) is 24.3 Å². The van der Waals surface area contributed by atoms with E-state index in [1.807, 2.05) is 34.7 Å². The molecule has 0 saturated carbocycles. The highest BCUT2D eigenvalue weighted by atomic mass is 16.5. The Hall–Kier alpha value is -3.54. The number of pyridine rings is 1. The van der Waals surface area contributed by atoms with E-state index in [0.717, 1.165) is 68.4 Å². The van der Waals surface area contributed by atoms with Crippen molar-refractivity contribution >= 4 is 35.2 Å². The molecule has 11 nitrogen and oxygen atoms in total. The van der Waals surface area contributed by atoms with Crippen LogP contribution in [0.25, 0.3) is 0 Å². The fourth-order valence-electron chi connectivity index (χ4n) is 5.50. The van der Waals surface area contributed by atoms with Crippen LogP contribution in [0.4, 0.5) is 17.2 Å². The molecule has 1 aromatic heterocycles.